The molecule has 0 N–H and O–H groups in total. The van der Waals surface area contributed by atoms with Gasteiger partial charge in [-0.2, -0.15) is 0 Å². The summed E-state index contributed by atoms with van der Waals surface area (Å²) in [6, 6.07) is 16.4. The third-order valence-electron chi connectivity index (χ3n) is 4.54. The number of carbonyl (C=O) groups excluding carboxylic acids is 1. The first-order valence-electron chi connectivity index (χ1n) is 8.43. The van der Waals surface area contributed by atoms with Gasteiger partial charge in [0.15, 0.2) is 0 Å². The molecule has 0 aliphatic carbocycles. The van der Waals surface area contributed by atoms with Gasteiger partial charge in [0, 0.05) is 57.2 Å². The van der Waals surface area contributed by atoms with E-state index in [1.165, 1.54) is 11.3 Å². The molecule has 1 heterocycles. The fourth-order valence-corrected chi connectivity index (χ4v) is 3.09. The summed E-state index contributed by atoms with van der Waals surface area (Å²) in [6.07, 6.45) is 0. The van der Waals surface area contributed by atoms with Crippen LogP contribution in [0.3, 0.4) is 0 Å². The summed E-state index contributed by atoms with van der Waals surface area (Å²) >= 11 is 0. The Morgan fingerprint density at radius 1 is 0.958 bits per heavy atom. The van der Waals surface area contributed by atoms with Crippen LogP contribution in [0.5, 0.6) is 0 Å². The first-order valence-corrected chi connectivity index (χ1v) is 8.43. The van der Waals surface area contributed by atoms with Crippen LogP contribution in [0, 0.1) is 6.92 Å². The zero-order chi connectivity index (χ0) is 17.1. The Bertz CT molecular complexity index is 718. The van der Waals surface area contributed by atoms with Crippen molar-refractivity contribution in [2.75, 3.05) is 50.1 Å². The average molecular weight is 323 g/mol. The number of carbonyl (C=O) groups is 1. The maximum atomic E-state index is 12.8. The molecule has 0 bridgehead atoms. The van der Waals surface area contributed by atoms with Crippen molar-refractivity contribution in [1.82, 2.24) is 4.90 Å². The van der Waals surface area contributed by atoms with Gasteiger partial charge in [0.1, 0.15) is 0 Å². The standard InChI is InChI=1S/C20H25N3O/c1-16-6-4-9-19(14-16)22-10-12-23(13-11-22)20(24)17-7-5-8-18(15-17)21(2)3/h4-9,14-15H,10-13H2,1-3H3. The van der Waals surface area contributed by atoms with Crippen molar-refractivity contribution >= 4 is 17.3 Å². The third-order valence-corrected chi connectivity index (χ3v) is 4.54. The Kier molecular flexibility index (Phi) is 4.74. The Labute approximate surface area is 144 Å². The molecule has 1 amide bonds. The molecule has 0 unspecified atom stereocenters. The molecule has 0 radical (unpaired) electrons. The highest BCUT2D eigenvalue weighted by atomic mass is 16.2. The Morgan fingerprint density at radius 3 is 2.33 bits per heavy atom. The number of amides is 1. The normalized spacial score (nSPS) is 14.6. The minimum Gasteiger partial charge on any atom is -0.378 e. The minimum atomic E-state index is 0.127. The lowest BCUT2D eigenvalue weighted by atomic mass is 10.1. The zero-order valence-electron chi connectivity index (χ0n) is 14.7. The lowest BCUT2D eigenvalue weighted by Crippen LogP contribution is -2.48. The molecule has 4 heteroatoms. The van der Waals surface area contributed by atoms with E-state index in [1.54, 1.807) is 0 Å². The van der Waals surface area contributed by atoms with E-state index in [0.717, 1.165) is 37.4 Å². The summed E-state index contributed by atoms with van der Waals surface area (Å²) in [6.45, 7) is 5.39. The first-order chi connectivity index (χ1) is 11.5. The summed E-state index contributed by atoms with van der Waals surface area (Å²) < 4.78 is 0. The van der Waals surface area contributed by atoms with Gasteiger partial charge in [0.25, 0.3) is 5.91 Å². The van der Waals surface area contributed by atoms with Crippen LogP contribution in [-0.2, 0) is 0 Å². The van der Waals surface area contributed by atoms with E-state index in [9.17, 15) is 4.79 Å². The first kappa shape index (κ1) is 16.4. The van der Waals surface area contributed by atoms with Gasteiger partial charge >= 0.3 is 0 Å². The van der Waals surface area contributed by atoms with Crippen molar-refractivity contribution in [3.63, 3.8) is 0 Å². The highest BCUT2D eigenvalue weighted by Crippen LogP contribution is 2.20. The van der Waals surface area contributed by atoms with Gasteiger partial charge in [-0.3, -0.25) is 4.79 Å². The summed E-state index contributed by atoms with van der Waals surface area (Å²) in [5.74, 6) is 0.127. The molecule has 2 aromatic carbocycles. The third kappa shape index (κ3) is 3.53. The Hall–Kier alpha value is -2.49. The van der Waals surface area contributed by atoms with Crippen LogP contribution in [0.4, 0.5) is 11.4 Å². The second-order valence-electron chi connectivity index (χ2n) is 6.56. The molecule has 1 aliphatic heterocycles. The van der Waals surface area contributed by atoms with Gasteiger partial charge in [-0.15, -0.1) is 0 Å². The SMILES string of the molecule is Cc1cccc(N2CCN(C(=O)c3cccc(N(C)C)c3)CC2)c1. The second kappa shape index (κ2) is 6.95. The summed E-state index contributed by atoms with van der Waals surface area (Å²) in [5, 5.41) is 0. The molecule has 4 nitrogen and oxygen atoms in total. The fraction of sp³-hybridized carbons (Fsp3) is 0.350. The van der Waals surface area contributed by atoms with Crippen molar-refractivity contribution in [1.29, 1.82) is 0 Å². The quantitative estimate of drug-likeness (QED) is 0.869. The van der Waals surface area contributed by atoms with Gasteiger partial charge in [-0.1, -0.05) is 18.2 Å². The molecule has 126 valence electrons. The van der Waals surface area contributed by atoms with Crippen molar-refractivity contribution in [2.45, 2.75) is 6.92 Å². The smallest absolute Gasteiger partial charge is 0.254 e. The monoisotopic (exact) mass is 323 g/mol. The molecule has 2 aromatic rings. The van der Waals surface area contributed by atoms with Crippen LogP contribution < -0.4 is 9.80 Å². The maximum Gasteiger partial charge on any atom is 0.254 e. The maximum absolute atomic E-state index is 12.8. The van der Waals surface area contributed by atoms with E-state index in [1.807, 2.05) is 48.2 Å². The molecule has 1 aliphatic rings. The predicted octanol–water partition coefficient (Wildman–Crippen LogP) is 3.02. The number of rotatable bonds is 3. The van der Waals surface area contributed by atoms with Crippen LogP contribution in [0.25, 0.3) is 0 Å². The van der Waals surface area contributed by atoms with Crippen molar-refractivity contribution < 1.29 is 4.79 Å². The number of piperazine rings is 1. The minimum absolute atomic E-state index is 0.127. The van der Waals surface area contributed by atoms with Crippen molar-refractivity contribution in [3.8, 4) is 0 Å². The van der Waals surface area contributed by atoms with E-state index in [4.69, 9.17) is 0 Å². The largest absolute Gasteiger partial charge is 0.378 e. The second-order valence-corrected chi connectivity index (χ2v) is 6.56. The molecule has 24 heavy (non-hydrogen) atoms. The van der Waals surface area contributed by atoms with Crippen LogP contribution in [0.1, 0.15) is 15.9 Å². The number of nitrogens with zero attached hydrogens (tertiary/aromatic N) is 3. The molecule has 0 aromatic heterocycles. The van der Waals surface area contributed by atoms with Crippen LogP contribution >= 0.6 is 0 Å². The number of hydrogen-bond donors (Lipinski definition) is 0. The van der Waals surface area contributed by atoms with Gasteiger partial charge in [-0.25, -0.2) is 0 Å². The lowest BCUT2D eigenvalue weighted by Gasteiger charge is -2.36. The van der Waals surface area contributed by atoms with Crippen molar-refractivity contribution in [2.24, 2.45) is 0 Å². The molecular formula is C20H25N3O. The van der Waals surface area contributed by atoms with Crippen LogP contribution in [-0.4, -0.2) is 51.1 Å². The highest BCUT2D eigenvalue weighted by molar-refractivity contribution is 5.95. The molecular weight excluding hydrogens is 298 g/mol. The Morgan fingerprint density at radius 2 is 1.67 bits per heavy atom. The average Bonchev–Trinajstić information content (AvgIpc) is 2.61. The number of hydrogen-bond acceptors (Lipinski definition) is 3. The van der Waals surface area contributed by atoms with Gasteiger partial charge < -0.3 is 14.7 Å². The number of aryl methyl sites for hydroxylation is 1. The highest BCUT2D eigenvalue weighted by Gasteiger charge is 2.22. The lowest BCUT2D eigenvalue weighted by molar-refractivity contribution is 0.0747. The number of benzene rings is 2. The van der Waals surface area contributed by atoms with Crippen LogP contribution in [0.2, 0.25) is 0 Å². The molecule has 1 fully saturated rings. The summed E-state index contributed by atoms with van der Waals surface area (Å²) in [5.41, 5.74) is 4.34. The van der Waals surface area contributed by atoms with Crippen molar-refractivity contribution in [3.05, 3.63) is 59.7 Å². The summed E-state index contributed by atoms with van der Waals surface area (Å²) in [4.78, 5) is 19.1. The van der Waals surface area contributed by atoms with E-state index in [0.29, 0.717) is 0 Å². The molecule has 0 spiro atoms. The predicted molar refractivity (Wildman–Crippen MR) is 100 cm³/mol. The topological polar surface area (TPSA) is 26.8 Å². The molecule has 0 saturated carbocycles. The zero-order valence-corrected chi connectivity index (χ0v) is 14.7. The van der Waals surface area contributed by atoms with Gasteiger partial charge in [0.2, 0.25) is 0 Å². The molecule has 3 rings (SSSR count). The van der Waals surface area contributed by atoms with Gasteiger partial charge in [0.05, 0.1) is 0 Å². The molecule has 0 atom stereocenters. The number of anilines is 2. The van der Waals surface area contributed by atoms with E-state index in [-0.39, 0.29) is 5.91 Å². The molecule has 1 saturated heterocycles. The Balaban J connectivity index is 1.66. The fourth-order valence-electron chi connectivity index (χ4n) is 3.09. The summed E-state index contributed by atoms with van der Waals surface area (Å²) in [7, 11) is 3.98. The van der Waals surface area contributed by atoms with E-state index in [2.05, 4.69) is 36.1 Å². The van der Waals surface area contributed by atoms with Crippen LogP contribution in [0.15, 0.2) is 48.5 Å². The van der Waals surface area contributed by atoms with E-state index < -0.39 is 0 Å². The van der Waals surface area contributed by atoms with Gasteiger partial charge in [-0.05, 0) is 42.8 Å². The van der Waals surface area contributed by atoms with E-state index >= 15 is 0 Å².